The van der Waals surface area contributed by atoms with Crippen LogP contribution >= 0.6 is 11.8 Å². The van der Waals surface area contributed by atoms with Gasteiger partial charge in [-0.05, 0) is 53.4 Å². The molecular formula is C22H39N5O3S. The monoisotopic (exact) mass is 453 g/mol. The molecule has 0 fully saturated rings. The standard InChI is InChI=1S/C22H39N5O3S/c1-16(2)7-5-8-17(3)9-6-10-18(4)13-14-31-15-19(22(30)27-24)25-20(28)11-12-21(29)26-23/h7,9,13,19H,5-6,8,10-12,14-15,23-24H2,1-4H3,(H,25,28)(H,26,29)(H,27,30). The number of amides is 3. The normalized spacial score (nSPS) is 12.7. The van der Waals surface area contributed by atoms with Crippen LogP contribution in [-0.2, 0) is 14.4 Å². The van der Waals surface area contributed by atoms with E-state index in [1.807, 2.05) is 5.43 Å². The molecule has 0 aromatic carbocycles. The molecule has 8 nitrogen and oxygen atoms in total. The Hall–Kier alpha value is -2.10. The first-order valence-electron chi connectivity index (χ1n) is 10.5. The second-order valence-corrected chi connectivity index (χ2v) is 8.77. The van der Waals surface area contributed by atoms with Crippen molar-refractivity contribution in [2.24, 2.45) is 11.7 Å². The maximum absolute atomic E-state index is 11.9. The molecular weight excluding hydrogens is 414 g/mol. The Morgan fingerprint density at radius 1 is 0.806 bits per heavy atom. The van der Waals surface area contributed by atoms with E-state index in [1.54, 1.807) is 0 Å². The van der Waals surface area contributed by atoms with Crippen LogP contribution in [0.3, 0.4) is 0 Å². The highest BCUT2D eigenvalue weighted by Gasteiger charge is 2.20. The fourth-order valence-electron chi connectivity index (χ4n) is 2.58. The summed E-state index contributed by atoms with van der Waals surface area (Å²) in [4.78, 5) is 34.9. The summed E-state index contributed by atoms with van der Waals surface area (Å²) >= 11 is 1.53. The number of hydrazine groups is 2. The van der Waals surface area contributed by atoms with Crippen molar-refractivity contribution in [2.75, 3.05) is 11.5 Å². The van der Waals surface area contributed by atoms with Gasteiger partial charge in [0.25, 0.3) is 5.91 Å². The fourth-order valence-corrected chi connectivity index (χ4v) is 3.58. The van der Waals surface area contributed by atoms with E-state index in [4.69, 9.17) is 11.7 Å². The summed E-state index contributed by atoms with van der Waals surface area (Å²) in [6.07, 6.45) is 10.8. The number of allylic oxidation sites excluding steroid dienone is 5. The summed E-state index contributed by atoms with van der Waals surface area (Å²) in [5.74, 6) is 9.98. The number of carbonyl (C=O) groups excluding carboxylic acids is 3. The third-order valence-corrected chi connectivity index (χ3v) is 5.46. The van der Waals surface area contributed by atoms with Gasteiger partial charge in [-0.25, -0.2) is 11.7 Å². The molecule has 9 heteroatoms. The Kier molecular flexibility index (Phi) is 16.4. The van der Waals surface area contributed by atoms with Crippen molar-refractivity contribution in [2.45, 2.75) is 72.3 Å². The molecule has 0 rings (SSSR count). The van der Waals surface area contributed by atoms with E-state index in [2.05, 4.69) is 56.7 Å². The largest absolute Gasteiger partial charge is 0.343 e. The quantitative estimate of drug-likeness (QED) is 0.0848. The van der Waals surface area contributed by atoms with Crippen molar-refractivity contribution in [1.82, 2.24) is 16.2 Å². The SMILES string of the molecule is CC(C)=CCCC(C)=CCCC(C)=CCSCC(NC(=O)CCC(=O)NN)C(=O)NN. The lowest BCUT2D eigenvalue weighted by molar-refractivity contribution is -0.129. The van der Waals surface area contributed by atoms with Gasteiger partial charge in [0.1, 0.15) is 6.04 Å². The molecule has 7 N–H and O–H groups in total. The highest BCUT2D eigenvalue weighted by atomic mass is 32.2. The van der Waals surface area contributed by atoms with Gasteiger partial charge in [0.05, 0.1) is 0 Å². The van der Waals surface area contributed by atoms with Crippen LogP contribution in [-0.4, -0.2) is 35.3 Å². The van der Waals surface area contributed by atoms with Crippen LogP contribution in [0, 0.1) is 0 Å². The van der Waals surface area contributed by atoms with Gasteiger partial charge in [-0.3, -0.25) is 25.2 Å². The third kappa shape index (κ3) is 16.3. The van der Waals surface area contributed by atoms with Gasteiger partial charge in [-0.1, -0.05) is 34.9 Å². The molecule has 0 spiro atoms. The summed E-state index contributed by atoms with van der Waals surface area (Å²) < 4.78 is 0. The number of nitrogens with two attached hydrogens (primary N) is 2. The molecule has 0 aliphatic rings. The van der Waals surface area contributed by atoms with Gasteiger partial charge in [0.2, 0.25) is 11.8 Å². The molecule has 0 aliphatic heterocycles. The second-order valence-electron chi connectivity index (χ2n) is 7.69. The van der Waals surface area contributed by atoms with E-state index >= 15 is 0 Å². The molecule has 31 heavy (non-hydrogen) atoms. The summed E-state index contributed by atoms with van der Waals surface area (Å²) in [6.45, 7) is 8.51. The summed E-state index contributed by atoms with van der Waals surface area (Å²) in [6, 6.07) is -0.761. The molecule has 0 saturated heterocycles. The van der Waals surface area contributed by atoms with Crippen LogP contribution in [0.5, 0.6) is 0 Å². The van der Waals surface area contributed by atoms with E-state index in [-0.39, 0.29) is 12.8 Å². The highest BCUT2D eigenvalue weighted by molar-refractivity contribution is 7.99. The topological polar surface area (TPSA) is 139 Å². The zero-order chi connectivity index (χ0) is 23.6. The maximum atomic E-state index is 11.9. The van der Waals surface area contributed by atoms with Crippen molar-refractivity contribution >= 4 is 29.5 Å². The average molecular weight is 454 g/mol. The van der Waals surface area contributed by atoms with Gasteiger partial charge in [0, 0.05) is 24.3 Å². The van der Waals surface area contributed by atoms with Crippen molar-refractivity contribution in [1.29, 1.82) is 0 Å². The Morgan fingerprint density at radius 2 is 1.39 bits per heavy atom. The molecule has 3 amide bonds. The first-order chi connectivity index (χ1) is 14.7. The van der Waals surface area contributed by atoms with Gasteiger partial charge in [-0.2, -0.15) is 11.8 Å². The molecule has 0 aromatic heterocycles. The Labute approximate surface area is 190 Å². The van der Waals surface area contributed by atoms with E-state index in [0.717, 1.165) is 31.4 Å². The van der Waals surface area contributed by atoms with Crippen molar-refractivity contribution in [3.63, 3.8) is 0 Å². The lowest BCUT2D eigenvalue weighted by Gasteiger charge is -2.16. The van der Waals surface area contributed by atoms with Crippen LogP contribution < -0.4 is 27.9 Å². The molecule has 1 atom stereocenters. The molecule has 0 radical (unpaired) electrons. The lowest BCUT2D eigenvalue weighted by atomic mass is 10.1. The average Bonchev–Trinajstić information content (AvgIpc) is 2.73. The van der Waals surface area contributed by atoms with E-state index in [1.165, 1.54) is 28.5 Å². The number of thioether (sulfide) groups is 1. The molecule has 0 aliphatic carbocycles. The van der Waals surface area contributed by atoms with Gasteiger partial charge in [-0.15, -0.1) is 0 Å². The molecule has 0 aromatic rings. The van der Waals surface area contributed by atoms with Crippen LogP contribution in [0.15, 0.2) is 34.9 Å². The summed E-state index contributed by atoms with van der Waals surface area (Å²) in [5, 5.41) is 2.60. The van der Waals surface area contributed by atoms with Crippen molar-refractivity contribution < 1.29 is 14.4 Å². The molecule has 0 bridgehead atoms. The second kappa shape index (κ2) is 17.6. The van der Waals surface area contributed by atoms with E-state index in [0.29, 0.717) is 5.75 Å². The number of nitrogens with one attached hydrogen (secondary N) is 3. The van der Waals surface area contributed by atoms with Gasteiger partial charge < -0.3 is 5.32 Å². The Bertz CT molecular complexity index is 670. The Balaban J connectivity index is 4.34. The highest BCUT2D eigenvalue weighted by Crippen LogP contribution is 2.13. The zero-order valence-corrected chi connectivity index (χ0v) is 20.1. The number of rotatable bonds is 15. The van der Waals surface area contributed by atoms with Crippen molar-refractivity contribution in [3.05, 3.63) is 34.9 Å². The van der Waals surface area contributed by atoms with Crippen LogP contribution in [0.1, 0.15) is 66.2 Å². The fraction of sp³-hybridized carbons (Fsp3) is 0.591. The van der Waals surface area contributed by atoms with E-state index < -0.39 is 23.8 Å². The first-order valence-corrected chi connectivity index (χ1v) is 11.7. The van der Waals surface area contributed by atoms with Crippen LogP contribution in [0.25, 0.3) is 0 Å². The van der Waals surface area contributed by atoms with Crippen LogP contribution in [0.2, 0.25) is 0 Å². The predicted octanol–water partition coefficient (Wildman–Crippen LogP) is 2.38. The molecule has 1 unspecified atom stereocenters. The third-order valence-electron chi connectivity index (χ3n) is 4.49. The Morgan fingerprint density at radius 3 is 1.97 bits per heavy atom. The minimum Gasteiger partial charge on any atom is -0.343 e. The van der Waals surface area contributed by atoms with Gasteiger partial charge >= 0.3 is 0 Å². The summed E-state index contributed by atoms with van der Waals surface area (Å²) in [5.41, 5.74) is 8.08. The summed E-state index contributed by atoms with van der Waals surface area (Å²) in [7, 11) is 0. The maximum Gasteiger partial charge on any atom is 0.257 e. The van der Waals surface area contributed by atoms with Crippen molar-refractivity contribution in [3.8, 4) is 0 Å². The minimum atomic E-state index is -0.761. The lowest BCUT2D eigenvalue weighted by Crippen LogP contribution is -2.50. The smallest absolute Gasteiger partial charge is 0.257 e. The zero-order valence-electron chi connectivity index (χ0n) is 19.3. The van der Waals surface area contributed by atoms with E-state index in [9.17, 15) is 14.4 Å². The minimum absolute atomic E-state index is 0.0444. The van der Waals surface area contributed by atoms with Crippen LogP contribution in [0.4, 0.5) is 0 Å². The molecule has 0 saturated carbocycles. The number of hydrogen-bond donors (Lipinski definition) is 5. The first kappa shape index (κ1) is 28.9. The van der Waals surface area contributed by atoms with Gasteiger partial charge in [0.15, 0.2) is 0 Å². The molecule has 176 valence electrons. The number of hydrogen-bond acceptors (Lipinski definition) is 6. The number of carbonyl (C=O) groups is 3. The predicted molar refractivity (Wildman–Crippen MR) is 129 cm³/mol. The molecule has 0 heterocycles.